The third-order valence-corrected chi connectivity index (χ3v) is 3.28. The van der Waals surface area contributed by atoms with Crippen molar-refractivity contribution >= 4 is 40.1 Å². The Morgan fingerprint density at radius 3 is 2.88 bits per heavy atom. The topological polar surface area (TPSA) is 120 Å². The van der Waals surface area contributed by atoms with Crippen molar-refractivity contribution in [3.8, 4) is 0 Å². The Bertz CT molecular complexity index is 386. The molecule has 0 atom stereocenters. The molecule has 0 radical (unpaired) electrons. The SMILES string of the molecule is NC(=O)CCSCc1csc(N=C(N)N)n1. The normalized spacial score (nSPS) is 10.0. The zero-order chi connectivity index (χ0) is 12.0. The van der Waals surface area contributed by atoms with E-state index in [4.69, 9.17) is 17.2 Å². The maximum Gasteiger partial charge on any atom is 0.218 e. The van der Waals surface area contributed by atoms with Crippen molar-refractivity contribution in [1.82, 2.24) is 4.98 Å². The minimum absolute atomic E-state index is 0.00211. The average molecular weight is 259 g/mol. The number of hydrogen-bond donors (Lipinski definition) is 3. The van der Waals surface area contributed by atoms with Gasteiger partial charge in [0.25, 0.3) is 0 Å². The molecule has 0 spiro atoms. The van der Waals surface area contributed by atoms with Crippen molar-refractivity contribution < 1.29 is 4.79 Å². The van der Waals surface area contributed by atoms with Crippen LogP contribution in [0.15, 0.2) is 10.4 Å². The number of rotatable bonds is 6. The number of amides is 1. The molecule has 0 aliphatic rings. The highest BCUT2D eigenvalue weighted by Gasteiger charge is 2.02. The molecule has 0 fully saturated rings. The van der Waals surface area contributed by atoms with Gasteiger partial charge in [-0.1, -0.05) is 0 Å². The second-order valence-electron chi connectivity index (χ2n) is 2.93. The van der Waals surface area contributed by atoms with Crippen molar-refractivity contribution in [3.05, 3.63) is 11.1 Å². The number of carbonyl (C=O) groups excluding carboxylic acids is 1. The van der Waals surface area contributed by atoms with Crippen molar-refractivity contribution in [2.75, 3.05) is 5.75 Å². The van der Waals surface area contributed by atoms with E-state index in [1.165, 1.54) is 11.3 Å². The lowest BCUT2D eigenvalue weighted by Gasteiger charge is -1.95. The molecule has 8 heteroatoms. The van der Waals surface area contributed by atoms with Crippen LogP contribution in [0.5, 0.6) is 0 Å². The van der Waals surface area contributed by atoms with Gasteiger partial charge in [-0.05, 0) is 0 Å². The van der Waals surface area contributed by atoms with Crippen molar-refractivity contribution in [1.29, 1.82) is 0 Å². The van der Waals surface area contributed by atoms with Gasteiger partial charge in [0.15, 0.2) is 5.96 Å². The summed E-state index contributed by atoms with van der Waals surface area (Å²) in [4.78, 5) is 18.5. The molecule has 1 aromatic heterocycles. The molecule has 1 rings (SSSR count). The van der Waals surface area contributed by atoms with Crippen molar-refractivity contribution in [3.63, 3.8) is 0 Å². The van der Waals surface area contributed by atoms with E-state index in [0.717, 1.165) is 11.4 Å². The maximum atomic E-state index is 10.5. The van der Waals surface area contributed by atoms with Gasteiger partial charge in [-0.2, -0.15) is 16.8 Å². The van der Waals surface area contributed by atoms with Crippen LogP contribution in [0.4, 0.5) is 5.13 Å². The van der Waals surface area contributed by atoms with E-state index in [2.05, 4.69) is 9.98 Å². The van der Waals surface area contributed by atoms with Crippen LogP contribution in [0.3, 0.4) is 0 Å². The first kappa shape index (κ1) is 12.8. The first-order chi connectivity index (χ1) is 7.58. The fraction of sp³-hybridized carbons (Fsp3) is 0.375. The Morgan fingerprint density at radius 1 is 1.50 bits per heavy atom. The number of thioether (sulfide) groups is 1. The summed E-state index contributed by atoms with van der Waals surface area (Å²) >= 11 is 2.98. The zero-order valence-corrected chi connectivity index (χ0v) is 10.2. The third kappa shape index (κ3) is 4.99. The second kappa shape index (κ2) is 6.33. The minimum Gasteiger partial charge on any atom is -0.370 e. The van der Waals surface area contributed by atoms with E-state index in [-0.39, 0.29) is 11.9 Å². The molecular formula is C8H13N5OS2. The molecule has 88 valence electrons. The van der Waals surface area contributed by atoms with Gasteiger partial charge >= 0.3 is 0 Å². The predicted octanol–water partition coefficient (Wildman–Crippen LogP) is 0.157. The molecule has 6 nitrogen and oxygen atoms in total. The number of nitrogens with two attached hydrogens (primary N) is 3. The quantitative estimate of drug-likeness (QED) is 0.381. The molecule has 1 heterocycles. The van der Waals surface area contributed by atoms with Crippen molar-refractivity contribution in [2.24, 2.45) is 22.2 Å². The van der Waals surface area contributed by atoms with E-state index in [0.29, 0.717) is 17.3 Å². The van der Waals surface area contributed by atoms with Crippen LogP contribution < -0.4 is 17.2 Å². The summed E-state index contributed by atoms with van der Waals surface area (Å²) in [7, 11) is 0. The number of primary amides is 1. The highest BCUT2D eigenvalue weighted by atomic mass is 32.2. The Kier molecular flexibility index (Phi) is 5.06. The summed E-state index contributed by atoms with van der Waals surface area (Å²) in [5.41, 5.74) is 16.4. The van der Waals surface area contributed by atoms with Gasteiger partial charge in [0.2, 0.25) is 11.0 Å². The lowest BCUT2D eigenvalue weighted by Crippen LogP contribution is -2.21. The third-order valence-electron chi connectivity index (χ3n) is 1.51. The summed E-state index contributed by atoms with van der Waals surface area (Å²) in [5, 5.41) is 2.43. The zero-order valence-electron chi connectivity index (χ0n) is 8.55. The summed E-state index contributed by atoms with van der Waals surface area (Å²) in [5.74, 6) is 1.14. The second-order valence-corrected chi connectivity index (χ2v) is 4.87. The van der Waals surface area contributed by atoms with E-state index in [9.17, 15) is 4.79 Å². The molecule has 0 unspecified atom stereocenters. The summed E-state index contributed by atoms with van der Waals surface area (Å²) < 4.78 is 0. The standard InChI is InChI=1S/C8H13N5OS2/c9-6(14)1-2-15-3-5-4-16-8(12-5)13-7(10)11/h4H,1-3H2,(H2,9,14)(H4,10,11,12,13). The van der Waals surface area contributed by atoms with E-state index in [1.807, 2.05) is 5.38 Å². The Labute approximate surface area is 101 Å². The molecule has 0 aliphatic carbocycles. The van der Waals surface area contributed by atoms with Crippen LogP contribution in [-0.4, -0.2) is 22.6 Å². The molecule has 6 N–H and O–H groups in total. The molecule has 0 saturated carbocycles. The molecule has 0 bridgehead atoms. The van der Waals surface area contributed by atoms with E-state index in [1.54, 1.807) is 11.8 Å². The van der Waals surface area contributed by atoms with Crippen LogP contribution in [0, 0.1) is 0 Å². The highest BCUT2D eigenvalue weighted by Crippen LogP contribution is 2.21. The lowest BCUT2D eigenvalue weighted by atomic mass is 10.5. The lowest BCUT2D eigenvalue weighted by molar-refractivity contribution is -0.117. The van der Waals surface area contributed by atoms with Crippen LogP contribution in [-0.2, 0) is 10.5 Å². The predicted molar refractivity (Wildman–Crippen MR) is 67.6 cm³/mol. The number of aliphatic imine (C=N–C) groups is 1. The van der Waals surface area contributed by atoms with Gasteiger partial charge < -0.3 is 17.2 Å². The Balaban J connectivity index is 2.35. The van der Waals surface area contributed by atoms with Crippen LogP contribution in [0.2, 0.25) is 0 Å². The molecule has 16 heavy (non-hydrogen) atoms. The van der Waals surface area contributed by atoms with Gasteiger partial charge in [-0.25, -0.2) is 4.98 Å². The van der Waals surface area contributed by atoms with Crippen LogP contribution >= 0.6 is 23.1 Å². The van der Waals surface area contributed by atoms with Gasteiger partial charge in [-0.15, -0.1) is 11.3 Å². The molecule has 1 amide bonds. The monoisotopic (exact) mass is 259 g/mol. The largest absolute Gasteiger partial charge is 0.370 e. The summed E-state index contributed by atoms with van der Waals surface area (Å²) in [6, 6.07) is 0. The summed E-state index contributed by atoms with van der Waals surface area (Å²) in [6.45, 7) is 0. The van der Waals surface area contributed by atoms with Crippen molar-refractivity contribution in [2.45, 2.75) is 12.2 Å². The number of hydrogen-bond acceptors (Lipinski definition) is 5. The molecule has 1 aromatic rings. The molecule has 0 aliphatic heterocycles. The first-order valence-corrected chi connectivity index (χ1v) is 6.51. The minimum atomic E-state index is -0.285. The molecular weight excluding hydrogens is 246 g/mol. The fourth-order valence-corrected chi connectivity index (χ4v) is 2.53. The number of thiazole rings is 1. The summed E-state index contributed by atoms with van der Waals surface area (Å²) in [6.07, 6.45) is 0.384. The Morgan fingerprint density at radius 2 is 2.25 bits per heavy atom. The number of nitrogens with zero attached hydrogens (tertiary/aromatic N) is 2. The number of guanidine groups is 1. The Hall–Kier alpha value is -1.28. The highest BCUT2D eigenvalue weighted by molar-refractivity contribution is 7.98. The van der Waals surface area contributed by atoms with Gasteiger partial charge in [0.1, 0.15) is 0 Å². The van der Waals surface area contributed by atoms with E-state index < -0.39 is 0 Å². The van der Waals surface area contributed by atoms with Gasteiger partial charge in [0, 0.05) is 23.3 Å². The smallest absolute Gasteiger partial charge is 0.218 e. The van der Waals surface area contributed by atoms with Crippen LogP contribution in [0.1, 0.15) is 12.1 Å². The molecule has 0 saturated heterocycles. The van der Waals surface area contributed by atoms with Gasteiger partial charge in [0.05, 0.1) is 5.69 Å². The average Bonchev–Trinajstić information content (AvgIpc) is 2.59. The maximum absolute atomic E-state index is 10.5. The van der Waals surface area contributed by atoms with Gasteiger partial charge in [-0.3, -0.25) is 4.79 Å². The first-order valence-electron chi connectivity index (χ1n) is 4.48. The molecule has 0 aromatic carbocycles. The van der Waals surface area contributed by atoms with Crippen LogP contribution in [0.25, 0.3) is 0 Å². The fourth-order valence-electron chi connectivity index (χ4n) is 0.874. The number of carbonyl (C=O) groups is 1. The number of aromatic nitrogens is 1. The van der Waals surface area contributed by atoms with E-state index >= 15 is 0 Å².